The van der Waals surface area contributed by atoms with Crippen LogP contribution in [0, 0.1) is 0 Å². The van der Waals surface area contributed by atoms with Gasteiger partial charge in [-0.1, -0.05) is 0 Å². The fourth-order valence-corrected chi connectivity index (χ4v) is 0. The van der Waals surface area contributed by atoms with Crippen LogP contribution in [0.15, 0.2) is 0 Å². The van der Waals surface area contributed by atoms with Crippen LogP contribution in [0.3, 0.4) is 0 Å². The third kappa shape index (κ3) is 33.7. The topological polar surface area (TPSA) is 34.1 Å². The number of hydrogen-bond acceptors (Lipinski definition) is 2. The Morgan fingerprint density at radius 2 is 1.20 bits per heavy atom. The van der Waals surface area contributed by atoms with Crippen LogP contribution in [0.2, 0.25) is 0 Å². The van der Waals surface area contributed by atoms with Gasteiger partial charge < -0.3 is 0 Å². The number of rotatable bonds is 0. The van der Waals surface area contributed by atoms with Crippen LogP contribution in [0.5, 0.6) is 0 Å². The third-order valence-electron chi connectivity index (χ3n) is 0. The van der Waals surface area contributed by atoms with Crippen molar-refractivity contribution in [3.63, 3.8) is 0 Å². The van der Waals surface area contributed by atoms with Crippen LogP contribution in [0.25, 0.3) is 0 Å². The van der Waals surface area contributed by atoms with E-state index in [0.717, 1.165) is 0 Å². The van der Waals surface area contributed by atoms with Gasteiger partial charge in [0.05, 0.1) is 0 Å². The maximum absolute atomic E-state index is 8.40. The first-order valence-electron chi connectivity index (χ1n) is 0.408. The number of halogens is 1. The van der Waals surface area contributed by atoms with Gasteiger partial charge in [-0.3, -0.25) is 13.6 Å². The molecule has 0 fully saturated rings. The molecule has 0 saturated carbocycles. The van der Waals surface area contributed by atoms with E-state index in [9.17, 15) is 0 Å². The minimum absolute atomic E-state index is 0. The molecule has 0 saturated heterocycles. The summed E-state index contributed by atoms with van der Waals surface area (Å²) < 4.78 is 16.8. The van der Waals surface area contributed by atoms with Crippen LogP contribution >= 0.6 is 0 Å². The zero-order valence-electron chi connectivity index (χ0n) is 1.72. The zero-order chi connectivity index (χ0) is 2.71. The van der Waals surface area contributed by atoms with Gasteiger partial charge in [-0.15, -0.1) is 0 Å². The molecule has 0 amide bonds. The van der Waals surface area contributed by atoms with E-state index < -0.39 is 9.29 Å². The molecule has 0 aromatic carbocycles. The SMILES string of the molecule is F.O=[Si]=O.[BaH2]. The Morgan fingerprint density at radius 3 is 1.20 bits per heavy atom. The van der Waals surface area contributed by atoms with Gasteiger partial charge in [-0.2, -0.15) is 0 Å². The molecular weight excluding hydrogens is 216 g/mol. The monoisotopic (exact) mass is 220 g/mol. The Labute approximate surface area is 70.7 Å². The summed E-state index contributed by atoms with van der Waals surface area (Å²) >= 11 is 0. The standard InChI is InChI=1S/Ba.FH.O2Si.2H/c;;1-3-2;;/h;1H;;;. The van der Waals surface area contributed by atoms with Gasteiger partial charge in [0.15, 0.2) is 0 Å². The van der Waals surface area contributed by atoms with Crippen molar-refractivity contribution in [3.05, 3.63) is 0 Å². The Kier molecular flexibility index (Phi) is 59.9. The molecule has 0 N–H and O–H groups in total. The number of hydrogen-bond donors (Lipinski definition) is 0. The van der Waals surface area contributed by atoms with E-state index in [2.05, 4.69) is 0 Å². The summed E-state index contributed by atoms with van der Waals surface area (Å²) in [5.41, 5.74) is 0. The maximum atomic E-state index is 8.40. The third-order valence-corrected chi connectivity index (χ3v) is 0. The quantitative estimate of drug-likeness (QED) is 0.471. The van der Waals surface area contributed by atoms with Crippen LogP contribution in [0.4, 0.5) is 4.70 Å². The molecule has 0 aromatic rings. The summed E-state index contributed by atoms with van der Waals surface area (Å²) in [6.45, 7) is 0. The van der Waals surface area contributed by atoms with E-state index >= 15 is 0 Å². The van der Waals surface area contributed by atoms with Gasteiger partial charge in [-0.05, 0) is 0 Å². The molecule has 0 aliphatic heterocycles. The molecule has 0 rings (SSSR count). The second-order valence-electron chi connectivity index (χ2n) is 0.0833. The van der Waals surface area contributed by atoms with Crippen molar-refractivity contribution in [2.24, 2.45) is 0 Å². The van der Waals surface area contributed by atoms with Crippen molar-refractivity contribution in [1.29, 1.82) is 0 Å². The van der Waals surface area contributed by atoms with Crippen molar-refractivity contribution in [2.45, 2.75) is 0 Å². The summed E-state index contributed by atoms with van der Waals surface area (Å²) in [4.78, 5) is 0. The molecule has 0 atom stereocenters. The molecular formula is H3BaFO2Si. The minimum atomic E-state index is -1.42. The van der Waals surface area contributed by atoms with Crippen LogP contribution in [-0.4, -0.2) is 58.2 Å². The molecule has 28 valence electrons. The second-order valence-corrected chi connectivity index (χ2v) is 0.250. The van der Waals surface area contributed by atoms with Crippen molar-refractivity contribution in [1.82, 2.24) is 0 Å². The van der Waals surface area contributed by atoms with Crippen LogP contribution < -0.4 is 0 Å². The Hall–Kier alpha value is 1.32. The van der Waals surface area contributed by atoms with Gasteiger partial charge in [0.1, 0.15) is 0 Å². The molecule has 5 heteroatoms. The van der Waals surface area contributed by atoms with Crippen molar-refractivity contribution >= 4 is 58.2 Å². The van der Waals surface area contributed by atoms with Crippen molar-refractivity contribution < 1.29 is 13.6 Å². The van der Waals surface area contributed by atoms with Gasteiger partial charge in [-0.25, -0.2) is 0 Å². The Morgan fingerprint density at radius 1 is 1.20 bits per heavy atom. The molecule has 0 aliphatic rings. The molecule has 5 heavy (non-hydrogen) atoms. The van der Waals surface area contributed by atoms with Gasteiger partial charge in [0, 0.05) is 0 Å². The van der Waals surface area contributed by atoms with Gasteiger partial charge in [0.25, 0.3) is 0 Å². The first-order valence-corrected chi connectivity index (χ1v) is 1.22. The summed E-state index contributed by atoms with van der Waals surface area (Å²) in [6.07, 6.45) is 0. The first-order chi connectivity index (χ1) is 1.41. The molecule has 0 spiro atoms. The van der Waals surface area contributed by atoms with Crippen LogP contribution in [-0.2, 0) is 8.92 Å². The summed E-state index contributed by atoms with van der Waals surface area (Å²) in [5, 5.41) is 0. The molecule has 0 unspecified atom stereocenters. The van der Waals surface area contributed by atoms with Gasteiger partial charge in [0.2, 0.25) is 0 Å². The molecule has 0 aromatic heterocycles. The molecule has 0 bridgehead atoms. The zero-order valence-corrected chi connectivity index (χ0v) is 2.72. The molecule has 0 heterocycles. The van der Waals surface area contributed by atoms with Crippen LogP contribution in [0.1, 0.15) is 0 Å². The fraction of sp³-hybridized carbons (Fsp3) is 0. The molecule has 0 aliphatic carbocycles. The van der Waals surface area contributed by atoms with E-state index in [-0.39, 0.29) is 53.6 Å². The van der Waals surface area contributed by atoms with E-state index in [4.69, 9.17) is 8.92 Å². The summed E-state index contributed by atoms with van der Waals surface area (Å²) in [6, 6.07) is 0. The van der Waals surface area contributed by atoms with E-state index in [1.165, 1.54) is 0 Å². The Bertz CT molecular complexity index is 30.6. The van der Waals surface area contributed by atoms with Crippen molar-refractivity contribution in [3.8, 4) is 0 Å². The van der Waals surface area contributed by atoms with Crippen molar-refractivity contribution in [2.75, 3.05) is 0 Å². The summed E-state index contributed by atoms with van der Waals surface area (Å²) in [5.74, 6) is 0. The first kappa shape index (κ1) is 16.2. The predicted octanol–water partition coefficient (Wildman–Crippen LogP) is -1.38. The fourth-order valence-electron chi connectivity index (χ4n) is 0. The second kappa shape index (κ2) is 18.5. The Balaban J connectivity index is -0.0000000200. The normalized spacial score (nSPS) is 1.60. The van der Waals surface area contributed by atoms with E-state index in [1.807, 2.05) is 0 Å². The van der Waals surface area contributed by atoms with E-state index in [1.54, 1.807) is 0 Å². The van der Waals surface area contributed by atoms with Gasteiger partial charge >= 0.3 is 58.2 Å². The summed E-state index contributed by atoms with van der Waals surface area (Å²) in [7, 11) is -1.42. The molecule has 0 radical (unpaired) electrons. The average Bonchev–Trinajstić information content (AvgIpc) is 0.918. The predicted molar refractivity (Wildman–Crippen MR) is 18.2 cm³/mol. The average molecular weight is 219 g/mol. The molecule has 2 nitrogen and oxygen atoms in total. The van der Waals surface area contributed by atoms with E-state index in [0.29, 0.717) is 0 Å².